The molecule has 0 unspecified atom stereocenters. The summed E-state index contributed by atoms with van der Waals surface area (Å²) in [5.74, 6) is 1.81. The van der Waals surface area contributed by atoms with E-state index >= 15 is 0 Å². The van der Waals surface area contributed by atoms with Gasteiger partial charge in [-0.05, 0) is 75.6 Å². The maximum absolute atomic E-state index is 5.27. The Hall–Kier alpha value is -0.580. The van der Waals surface area contributed by atoms with Crippen LogP contribution in [0.3, 0.4) is 0 Å². The topological polar surface area (TPSA) is 24.5 Å². The predicted octanol–water partition coefficient (Wildman–Crippen LogP) is 3.28. The second kappa shape index (κ2) is 8.01. The average molecular weight is 341 g/mol. The number of methoxy groups -OCH3 is 1. The van der Waals surface area contributed by atoms with Gasteiger partial charge in [0.25, 0.3) is 0 Å². The van der Waals surface area contributed by atoms with Gasteiger partial charge in [0, 0.05) is 11.0 Å². The Balaban J connectivity index is 1.70. The first-order chi connectivity index (χ1) is 9.69. The molecule has 20 heavy (non-hydrogen) atoms. The lowest BCUT2D eigenvalue weighted by Gasteiger charge is -2.28. The lowest BCUT2D eigenvalue weighted by molar-refractivity contribution is 0.211. The molecule has 2 rings (SSSR count). The minimum atomic E-state index is 0.893. The quantitative estimate of drug-likeness (QED) is 0.804. The smallest absolute Gasteiger partial charge is 0.119 e. The summed E-state index contributed by atoms with van der Waals surface area (Å²) in [6.45, 7) is 4.50. The van der Waals surface area contributed by atoms with Crippen LogP contribution in [0, 0.1) is 5.92 Å². The van der Waals surface area contributed by atoms with Gasteiger partial charge in [-0.15, -0.1) is 0 Å². The van der Waals surface area contributed by atoms with Crippen molar-refractivity contribution in [1.29, 1.82) is 0 Å². The van der Waals surface area contributed by atoms with Crippen molar-refractivity contribution in [2.24, 2.45) is 5.92 Å². The fourth-order valence-electron chi connectivity index (χ4n) is 2.69. The summed E-state index contributed by atoms with van der Waals surface area (Å²) in [6, 6.07) is 6.12. The van der Waals surface area contributed by atoms with Crippen LogP contribution < -0.4 is 10.1 Å². The maximum Gasteiger partial charge on any atom is 0.119 e. The highest BCUT2D eigenvalue weighted by atomic mass is 79.9. The molecule has 0 bridgehead atoms. The van der Waals surface area contributed by atoms with Gasteiger partial charge < -0.3 is 15.0 Å². The zero-order valence-corrected chi connectivity index (χ0v) is 14.1. The molecule has 3 nitrogen and oxygen atoms in total. The molecule has 0 saturated carbocycles. The molecule has 0 aromatic heterocycles. The fraction of sp³-hybridized carbons (Fsp3) is 0.625. The maximum atomic E-state index is 5.27. The third-order valence-electron chi connectivity index (χ3n) is 4.14. The summed E-state index contributed by atoms with van der Waals surface area (Å²) in [5.41, 5.74) is 1.26. The van der Waals surface area contributed by atoms with E-state index in [2.05, 4.69) is 39.3 Å². The van der Waals surface area contributed by atoms with E-state index in [4.69, 9.17) is 4.74 Å². The van der Waals surface area contributed by atoms with Gasteiger partial charge >= 0.3 is 0 Å². The van der Waals surface area contributed by atoms with Crippen LogP contribution in [0.1, 0.15) is 24.8 Å². The SMILES string of the molecule is COc1ccc(Br)c(CNCCC2CCN(C)CC2)c1. The van der Waals surface area contributed by atoms with Crippen molar-refractivity contribution in [2.75, 3.05) is 33.8 Å². The number of likely N-dealkylation sites (tertiary alicyclic amines) is 1. The molecule has 1 aromatic carbocycles. The second-order valence-electron chi connectivity index (χ2n) is 5.67. The van der Waals surface area contributed by atoms with Gasteiger partial charge in [-0.1, -0.05) is 15.9 Å². The summed E-state index contributed by atoms with van der Waals surface area (Å²) >= 11 is 3.59. The number of nitrogens with zero attached hydrogens (tertiary/aromatic N) is 1. The van der Waals surface area contributed by atoms with E-state index in [1.54, 1.807) is 7.11 Å². The molecule has 1 aromatic rings. The predicted molar refractivity (Wildman–Crippen MR) is 87.2 cm³/mol. The molecule has 0 radical (unpaired) electrons. The van der Waals surface area contributed by atoms with Crippen LogP contribution in [-0.2, 0) is 6.54 Å². The monoisotopic (exact) mass is 340 g/mol. The summed E-state index contributed by atoms with van der Waals surface area (Å²) in [4.78, 5) is 2.43. The summed E-state index contributed by atoms with van der Waals surface area (Å²) in [5, 5.41) is 3.55. The Bertz CT molecular complexity index is 417. The highest BCUT2D eigenvalue weighted by molar-refractivity contribution is 9.10. The van der Waals surface area contributed by atoms with Crippen LogP contribution in [0.2, 0.25) is 0 Å². The van der Waals surface area contributed by atoms with Crippen molar-refractivity contribution >= 4 is 15.9 Å². The second-order valence-corrected chi connectivity index (χ2v) is 6.52. The Kier molecular flexibility index (Phi) is 6.33. The number of benzene rings is 1. The molecule has 0 atom stereocenters. The first-order valence-electron chi connectivity index (χ1n) is 7.40. The van der Waals surface area contributed by atoms with Crippen LogP contribution in [0.5, 0.6) is 5.75 Å². The molecule has 1 N–H and O–H groups in total. The molecular weight excluding hydrogens is 316 g/mol. The molecule has 0 spiro atoms. The van der Waals surface area contributed by atoms with Crippen molar-refractivity contribution in [1.82, 2.24) is 10.2 Å². The van der Waals surface area contributed by atoms with Crippen LogP contribution in [0.15, 0.2) is 22.7 Å². The van der Waals surface area contributed by atoms with Crippen LogP contribution in [0.4, 0.5) is 0 Å². The normalized spacial score (nSPS) is 17.4. The van der Waals surface area contributed by atoms with Crippen molar-refractivity contribution in [2.45, 2.75) is 25.8 Å². The minimum absolute atomic E-state index is 0.893. The first-order valence-corrected chi connectivity index (χ1v) is 8.20. The molecule has 1 aliphatic heterocycles. The largest absolute Gasteiger partial charge is 0.497 e. The van der Waals surface area contributed by atoms with Gasteiger partial charge in [0.2, 0.25) is 0 Å². The van der Waals surface area contributed by atoms with Gasteiger partial charge in [0.1, 0.15) is 5.75 Å². The van der Waals surface area contributed by atoms with Crippen LogP contribution in [-0.4, -0.2) is 38.7 Å². The molecule has 1 aliphatic rings. The van der Waals surface area contributed by atoms with Gasteiger partial charge in [-0.3, -0.25) is 0 Å². The fourth-order valence-corrected chi connectivity index (χ4v) is 3.08. The number of nitrogens with one attached hydrogen (secondary N) is 1. The Morgan fingerprint density at radius 3 is 2.80 bits per heavy atom. The van der Waals surface area contributed by atoms with E-state index in [9.17, 15) is 0 Å². The summed E-state index contributed by atoms with van der Waals surface area (Å²) in [6.07, 6.45) is 3.98. The Labute approximate surface area is 130 Å². The number of piperidine rings is 1. The van der Waals surface area contributed by atoms with E-state index in [0.717, 1.165) is 29.2 Å². The van der Waals surface area contributed by atoms with Crippen LogP contribution >= 0.6 is 15.9 Å². The van der Waals surface area contributed by atoms with E-state index in [1.807, 2.05) is 12.1 Å². The number of ether oxygens (including phenoxy) is 1. The molecule has 1 fully saturated rings. The molecule has 4 heteroatoms. The first kappa shape index (κ1) is 15.8. The highest BCUT2D eigenvalue weighted by Gasteiger charge is 2.15. The van der Waals surface area contributed by atoms with E-state index in [1.165, 1.54) is 37.9 Å². The van der Waals surface area contributed by atoms with Gasteiger partial charge in [0.15, 0.2) is 0 Å². The molecular formula is C16H25BrN2O. The van der Waals surface area contributed by atoms with Crippen molar-refractivity contribution in [3.63, 3.8) is 0 Å². The lowest BCUT2D eigenvalue weighted by Crippen LogP contribution is -2.31. The van der Waals surface area contributed by atoms with Crippen molar-refractivity contribution in [3.8, 4) is 5.75 Å². The Morgan fingerprint density at radius 2 is 2.10 bits per heavy atom. The van der Waals surface area contributed by atoms with Gasteiger partial charge in [-0.2, -0.15) is 0 Å². The third-order valence-corrected chi connectivity index (χ3v) is 4.91. The van der Waals surface area contributed by atoms with Gasteiger partial charge in [-0.25, -0.2) is 0 Å². The van der Waals surface area contributed by atoms with Crippen LogP contribution in [0.25, 0.3) is 0 Å². The molecule has 0 aliphatic carbocycles. The molecule has 0 amide bonds. The number of rotatable bonds is 6. The number of hydrogen-bond acceptors (Lipinski definition) is 3. The number of halogens is 1. The summed E-state index contributed by atoms with van der Waals surface area (Å²) in [7, 11) is 3.93. The molecule has 1 heterocycles. The standard InChI is InChI=1S/C16H25BrN2O/c1-19-9-6-13(7-10-19)5-8-18-12-14-11-15(20-2)3-4-16(14)17/h3-4,11,13,18H,5-10,12H2,1-2H3. The molecule has 112 valence electrons. The van der Waals surface area contributed by atoms with E-state index < -0.39 is 0 Å². The lowest BCUT2D eigenvalue weighted by atomic mass is 9.94. The van der Waals surface area contributed by atoms with Crippen molar-refractivity contribution in [3.05, 3.63) is 28.2 Å². The Morgan fingerprint density at radius 1 is 1.35 bits per heavy atom. The minimum Gasteiger partial charge on any atom is -0.497 e. The highest BCUT2D eigenvalue weighted by Crippen LogP contribution is 2.22. The number of hydrogen-bond donors (Lipinski definition) is 1. The molecule has 1 saturated heterocycles. The van der Waals surface area contributed by atoms with E-state index in [-0.39, 0.29) is 0 Å². The third kappa shape index (κ3) is 4.76. The summed E-state index contributed by atoms with van der Waals surface area (Å²) < 4.78 is 6.41. The van der Waals surface area contributed by atoms with Gasteiger partial charge in [0.05, 0.1) is 7.11 Å². The van der Waals surface area contributed by atoms with Crippen molar-refractivity contribution < 1.29 is 4.74 Å². The average Bonchev–Trinajstić information content (AvgIpc) is 2.47. The zero-order valence-electron chi connectivity index (χ0n) is 12.5. The van der Waals surface area contributed by atoms with E-state index in [0.29, 0.717) is 0 Å². The zero-order chi connectivity index (χ0) is 14.4.